The van der Waals surface area contributed by atoms with Crippen LogP contribution in [0.2, 0.25) is 0 Å². The zero-order chi connectivity index (χ0) is 14.5. The van der Waals surface area contributed by atoms with Gasteiger partial charge < -0.3 is 5.73 Å². The Morgan fingerprint density at radius 3 is 2.53 bits per heavy atom. The minimum Gasteiger partial charge on any atom is -0.384 e. The summed E-state index contributed by atoms with van der Waals surface area (Å²) < 4.78 is 50.8. The molecule has 0 radical (unpaired) electrons. The molecule has 0 bridgehead atoms. The Labute approximate surface area is 112 Å². The van der Waals surface area contributed by atoms with Crippen LogP contribution in [0.25, 0.3) is 0 Å². The number of nitrogen functional groups attached to an aromatic ring is 1. The van der Waals surface area contributed by atoms with E-state index in [0.717, 1.165) is 0 Å². The Morgan fingerprint density at radius 1 is 1.26 bits per heavy atom. The van der Waals surface area contributed by atoms with Gasteiger partial charge in [0.1, 0.15) is 5.82 Å². The second-order valence-electron chi connectivity index (χ2n) is 3.63. The molecule has 1 aromatic heterocycles. The normalized spacial score (nSPS) is 12.5. The highest BCUT2D eigenvalue weighted by Crippen LogP contribution is 2.09. The molecule has 0 fully saturated rings. The number of aromatic nitrogens is 1. The summed E-state index contributed by atoms with van der Waals surface area (Å²) in [6.45, 7) is 1.68. The van der Waals surface area contributed by atoms with Crippen molar-refractivity contribution in [1.82, 2.24) is 14.4 Å². The number of sulfonamides is 2. The van der Waals surface area contributed by atoms with E-state index in [1.165, 1.54) is 18.3 Å². The van der Waals surface area contributed by atoms with Gasteiger partial charge in [-0.2, -0.15) is 0 Å². The SMILES string of the molecule is CCNS(=O)(=O)CCNS(=O)(=O)c1ccnc(N)c1. The molecule has 1 aromatic rings. The highest BCUT2D eigenvalue weighted by atomic mass is 32.2. The lowest BCUT2D eigenvalue weighted by atomic mass is 10.5. The van der Waals surface area contributed by atoms with Gasteiger partial charge in [0.25, 0.3) is 0 Å². The standard InChI is InChI=1S/C9H16N4O4S2/c1-2-12-18(14,15)6-5-13-19(16,17)8-3-4-11-9(10)7-8/h3-4,7,12-13H,2,5-6H2,1H3,(H2,10,11). The zero-order valence-corrected chi connectivity index (χ0v) is 12.0. The summed E-state index contributed by atoms with van der Waals surface area (Å²) in [6.07, 6.45) is 1.26. The summed E-state index contributed by atoms with van der Waals surface area (Å²) in [5.74, 6) is -0.260. The number of hydrogen-bond acceptors (Lipinski definition) is 6. The lowest BCUT2D eigenvalue weighted by Crippen LogP contribution is -2.34. The first-order valence-electron chi connectivity index (χ1n) is 5.45. The summed E-state index contributed by atoms with van der Waals surface area (Å²) in [7, 11) is -7.24. The van der Waals surface area contributed by atoms with E-state index in [9.17, 15) is 16.8 Å². The van der Waals surface area contributed by atoms with Crippen LogP contribution in [-0.4, -0.2) is 40.7 Å². The maximum absolute atomic E-state index is 11.8. The largest absolute Gasteiger partial charge is 0.384 e. The Morgan fingerprint density at radius 2 is 1.95 bits per heavy atom. The lowest BCUT2D eigenvalue weighted by molar-refractivity contribution is 0.576. The first kappa shape index (κ1) is 15.8. The predicted octanol–water partition coefficient (Wildman–Crippen LogP) is -1.12. The van der Waals surface area contributed by atoms with E-state index in [1.54, 1.807) is 6.92 Å². The first-order valence-corrected chi connectivity index (χ1v) is 8.59. The quantitative estimate of drug-likeness (QED) is 0.585. The third kappa shape index (κ3) is 5.11. The molecule has 0 spiro atoms. The van der Waals surface area contributed by atoms with Gasteiger partial charge in [-0.1, -0.05) is 6.92 Å². The van der Waals surface area contributed by atoms with Crippen molar-refractivity contribution in [1.29, 1.82) is 0 Å². The Bertz CT molecular complexity index is 627. The minimum atomic E-state index is -3.78. The average Bonchev–Trinajstić information content (AvgIpc) is 2.28. The third-order valence-electron chi connectivity index (χ3n) is 2.09. The van der Waals surface area contributed by atoms with Crippen LogP contribution in [0.15, 0.2) is 23.2 Å². The molecule has 0 atom stereocenters. The van der Waals surface area contributed by atoms with Crippen molar-refractivity contribution in [3.63, 3.8) is 0 Å². The van der Waals surface area contributed by atoms with E-state index in [4.69, 9.17) is 5.73 Å². The number of anilines is 1. The van der Waals surface area contributed by atoms with Gasteiger partial charge >= 0.3 is 0 Å². The molecular formula is C9H16N4O4S2. The molecule has 0 saturated carbocycles. The van der Waals surface area contributed by atoms with Gasteiger partial charge in [-0.25, -0.2) is 31.3 Å². The predicted molar refractivity (Wildman–Crippen MR) is 71.3 cm³/mol. The van der Waals surface area contributed by atoms with Crippen LogP contribution in [0, 0.1) is 0 Å². The molecule has 10 heteroatoms. The van der Waals surface area contributed by atoms with Crippen molar-refractivity contribution < 1.29 is 16.8 Å². The molecule has 0 aliphatic rings. The Kier molecular flexibility index (Phi) is 5.23. The summed E-state index contributed by atoms with van der Waals surface area (Å²) in [6, 6.07) is 2.47. The topological polar surface area (TPSA) is 131 Å². The van der Waals surface area contributed by atoms with E-state index in [2.05, 4.69) is 14.4 Å². The number of nitrogens with one attached hydrogen (secondary N) is 2. The second-order valence-corrected chi connectivity index (χ2v) is 7.32. The van der Waals surface area contributed by atoms with E-state index in [-0.39, 0.29) is 29.6 Å². The van der Waals surface area contributed by atoms with Crippen molar-refractivity contribution >= 4 is 25.9 Å². The fourth-order valence-electron chi connectivity index (χ4n) is 1.28. The molecule has 0 aliphatic carbocycles. The summed E-state index contributed by atoms with van der Waals surface area (Å²) >= 11 is 0. The second kappa shape index (κ2) is 6.28. The molecule has 0 aliphatic heterocycles. The van der Waals surface area contributed by atoms with Crippen LogP contribution in [0.1, 0.15) is 6.92 Å². The molecule has 108 valence electrons. The monoisotopic (exact) mass is 308 g/mol. The van der Waals surface area contributed by atoms with Crippen molar-refractivity contribution in [3.05, 3.63) is 18.3 Å². The zero-order valence-electron chi connectivity index (χ0n) is 10.3. The van der Waals surface area contributed by atoms with Crippen molar-refractivity contribution in [2.24, 2.45) is 0 Å². The third-order valence-corrected chi connectivity index (χ3v) is 5.02. The van der Waals surface area contributed by atoms with Gasteiger partial charge in [-0.3, -0.25) is 0 Å². The highest BCUT2D eigenvalue weighted by molar-refractivity contribution is 7.90. The number of pyridine rings is 1. The molecule has 4 N–H and O–H groups in total. The molecule has 19 heavy (non-hydrogen) atoms. The smallest absolute Gasteiger partial charge is 0.240 e. The fourth-order valence-corrected chi connectivity index (χ4v) is 3.42. The summed E-state index contributed by atoms with van der Waals surface area (Å²) in [5, 5.41) is 0. The molecule has 0 amide bonds. The van der Waals surface area contributed by atoms with Crippen molar-refractivity contribution in [2.45, 2.75) is 11.8 Å². The van der Waals surface area contributed by atoms with E-state index >= 15 is 0 Å². The molecule has 1 heterocycles. The first-order chi connectivity index (χ1) is 8.77. The van der Waals surface area contributed by atoms with Crippen molar-refractivity contribution in [3.8, 4) is 0 Å². The van der Waals surface area contributed by atoms with Crippen LogP contribution in [0.5, 0.6) is 0 Å². The number of hydrogen-bond donors (Lipinski definition) is 3. The summed E-state index contributed by atoms with van der Waals surface area (Å²) in [5.41, 5.74) is 5.38. The van der Waals surface area contributed by atoms with E-state index in [0.29, 0.717) is 0 Å². The molecule has 1 rings (SSSR count). The minimum absolute atomic E-state index is 0.0548. The average molecular weight is 308 g/mol. The van der Waals surface area contributed by atoms with E-state index < -0.39 is 20.0 Å². The maximum Gasteiger partial charge on any atom is 0.240 e. The molecule has 0 saturated heterocycles. The van der Waals surface area contributed by atoms with Gasteiger partial charge in [0.05, 0.1) is 10.6 Å². The molecule has 0 aromatic carbocycles. The Hall–Kier alpha value is -1.23. The molecule has 8 nitrogen and oxygen atoms in total. The van der Waals surface area contributed by atoms with Gasteiger partial charge in [-0.05, 0) is 6.07 Å². The number of nitrogens with zero attached hydrogens (tertiary/aromatic N) is 1. The van der Waals surface area contributed by atoms with Gasteiger partial charge in [-0.15, -0.1) is 0 Å². The van der Waals surface area contributed by atoms with E-state index in [1.807, 2.05) is 0 Å². The number of nitrogens with two attached hydrogens (primary N) is 1. The van der Waals surface area contributed by atoms with Crippen LogP contribution < -0.4 is 15.2 Å². The van der Waals surface area contributed by atoms with Crippen LogP contribution in [0.4, 0.5) is 5.82 Å². The maximum atomic E-state index is 11.8. The highest BCUT2D eigenvalue weighted by Gasteiger charge is 2.16. The fraction of sp³-hybridized carbons (Fsp3) is 0.444. The lowest BCUT2D eigenvalue weighted by Gasteiger charge is -2.07. The Balaban J connectivity index is 2.67. The van der Waals surface area contributed by atoms with Gasteiger partial charge in [0.2, 0.25) is 20.0 Å². The summed E-state index contributed by atoms with van der Waals surface area (Å²) in [4.78, 5) is 3.62. The van der Waals surface area contributed by atoms with Crippen LogP contribution >= 0.6 is 0 Å². The van der Waals surface area contributed by atoms with Gasteiger partial charge in [0, 0.05) is 25.4 Å². The van der Waals surface area contributed by atoms with Crippen LogP contribution in [-0.2, 0) is 20.0 Å². The van der Waals surface area contributed by atoms with Crippen molar-refractivity contribution in [2.75, 3.05) is 24.6 Å². The van der Waals surface area contributed by atoms with Crippen LogP contribution in [0.3, 0.4) is 0 Å². The molecule has 0 unspecified atom stereocenters. The number of rotatable bonds is 7. The molecular weight excluding hydrogens is 292 g/mol. The van der Waals surface area contributed by atoms with Gasteiger partial charge in [0.15, 0.2) is 0 Å².